The number of guanidine groups is 1. The molecule has 2 bridgehead atoms. The minimum absolute atomic E-state index is 0.485. The van der Waals surface area contributed by atoms with E-state index in [2.05, 4.69) is 50.8 Å². The maximum Gasteiger partial charge on any atom is 0.193 e. The first-order chi connectivity index (χ1) is 13.3. The van der Waals surface area contributed by atoms with Crippen LogP contribution >= 0.6 is 0 Å². The average Bonchev–Trinajstić information content (AvgIpc) is 3.46. The van der Waals surface area contributed by atoms with Crippen molar-refractivity contribution in [3.63, 3.8) is 0 Å². The molecule has 142 valence electrons. The van der Waals surface area contributed by atoms with Gasteiger partial charge in [0.25, 0.3) is 0 Å². The molecule has 27 heavy (non-hydrogen) atoms. The van der Waals surface area contributed by atoms with E-state index >= 15 is 0 Å². The Morgan fingerprint density at radius 3 is 2.59 bits per heavy atom. The Morgan fingerprint density at radius 2 is 1.89 bits per heavy atom. The number of hydrogen-bond donors (Lipinski definition) is 1. The molecule has 6 nitrogen and oxygen atoms in total. The Morgan fingerprint density at radius 1 is 1.15 bits per heavy atom. The molecular weight excluding hydrogens is 338 g/mol. The molecule has 3 aliphatic heterocycles. The largest absolute Gasteiger partial charge is 0.374 e. The van der Waals surface area contributed by atoms with Crippen LogP contribution in [0.4, 0.5) is 0 Å². The molecule has 0 spiro atoms. The molecule has 3 fully saturated rings. The summed E-state index contributed by atoms with van der Waals surface area (Å²) in [5, 5.41) is 8.02. The molecule has 1 aromatic heterocycles. The molecule has 5 rings (SSSR count). The van der Waals surface area contributed by atoms with Gasteiger partial charge >= 0.3 is 0 Å². The zero-order valence-electron chi connectivity index (χ0n) is 15.8. The van der Waals surface area contributed by atoms with Crippen LogP contribution in [0, 0.1) is 11.8 Å². The van der Waals surface area contributed by atoms with E-state index in [-0.39, 0.29) is 0 Å². The third-order valence-corrected chi connectivity index (χ3v) is 6.29. The minimum Gasteiger partial charge on any atom is -0.374 e. The van der Waals surface area contributed by atoms with Crippen molar-refractivity contribution in [3.05, 3.63) is 53.9 Å². The highest BCUT2D eigenvalue weighted by molar-refractivity contribution is 5.80. The summed E-state index contributed by atoms with van der Waals surface area (Å²) in [6, 6.07) is 10.4. The van der Waals surface area contributed by atoms with Crippen LogP contribution in [-0.2, 0) is 17.8 Å². The van der Waals surface area contributed by atoms with Gasteiger partial charge in [0.1, 0.15) is 0 Å². The summed E-state index contributed by atoms with van der Waals surface area (Å²) < 4.78 is 8.07. The van der Waals surface area contributed by atoms with Crippen LogP contribution in [-0.4, -0.2) is 53.0 Å². The van der Waals surface area contributed by atoms with Gasteiger partial charge in [0, 0.05) is 50.3 Å². The van der Waals surface area contributed by atoms with Crippen LogP contribution in [0.15, 0.2) is 47.7 Å². The molecule has 3 saturated heterocycles. The normalized spacial score (nSPS) is 29.4. The third-order valence-electron chi connectivity index (χ3n) is 6.29. The molecule has 3 aliphatic rings. The van der Waals surface area contributed by atoms with Crippen LogP contribution in [0.2, 0.25) is 0 Å². The molecule has 4 unspecified atom stereocenters. The number of hydrogen-bond acceptors (Lipinski definition) is 3. The second kappa shape index (κ2) is 7.00. The highest BCUT2D eigenvalue weighted by atomic mass is 16.5. The Bertz CT molecular complexity index is 799. The second-order valence-corrected chi connectivity index (χ2v) is 7.96. The first kappa shape index (κ1) is 16.8. The van der Waals surface area contributed by atoms with E-state index in [0.717, 1.165) is 32.1 Å². The first-order valence-corrected chi connectivity index (χ1v) is 9.96. The molecule has 0 radical (unpaired) electrons. The van der Waals surface area contributed by atoms with Crippen LogP contribution in [0.3, 0.4) is 0 Å². The summed E-state index contributed by atoms with van der Waals surface area (Å²) in [5.74, 6) is 2.38. The molecule has 4 atom stereocenters. The summed E-state index contributed by atoms with van der Waals surface area (Å²) in [7, 11) is 1.88. The smallest absolute Gasteiger partial charge is 0.193 e. The lowest BCUT2D eigenvalue weighted by atomic mass is 9.82. The Hall–Kier alpha value is -2.34. The van der Waals surface area contributed by atoms with E-state index in [9.17, 15) is 0 Å². The fraction of sp³-hybridized carbons (Fsp3) is 0.524. The van der Waals surface area contributed by atoms with Crippen LogP contribution in [0.25, 0.3) is 0 Å². The number of ether oxygens (including phenoxy) is 1. The van der Waals surface area contributed by atoms with E-state index in [1.165, 1.54) is 24.0 Å². The summed E-state index contributed by atoms with van der Waals surface area (Å²) in [4.78, 5) is 6.94. The molecule has 4 heterocycles. The van der Waals surface area contributed by atoms with Crippen LogP contribution in [0.5, 0.6) is 0 Å². The lowest BCUT2D eigenvalue weighted by Gasteiger charge is -2.23. The van der Waals surface area contributed by atoms with Gasteiger partial charge in [-0.2, -0.15) is 5.10 Å². The molecule has 1 aromatic carbocycles. The summed E-state index contributed by atoms with van der Waals surface area (Å²) in [6.07, 6.45) is 7.51. The van der Waals surface area contributed by atoms with Crippen molar-refractivity contribution in [2.24, 2.45) is 16.8 Å². The number of benzene rings is 1. The Labute approximate surface area is 160 Å². The van der Waals surface area contributed by atoms with Gasteiger partial charge in [0.15, 0.2) is 5.96 Å². The summed E-state index contributed by atoms with van der Waals surface area (Å²) in [5.41, 5.74) is 2.44. The first-order valence-electron chi connectivity index (χ1n) is 9.96. The number of rotatable bonds is 4. The number of aromatic nitrogens is 2. The predicted molar refractivity (Wildman–Crippen MR) is 104 cm³/mol. The molecule has 2 aromatic rings. The van der Waals surface area contributed by atoms with Crippen molar-refractivity contribution >= 4 is 5.96 Å². The lowest BCUT2D eigenvalue weighted by Crippen LogP contribution is -2.40. The van der Waals surface area contributed by atoms with Crippen molar-refractivity contribution in [1.29, 1.82) is 0 Å². The molecule has 0 amide bonds. The molecular formula is C21H27N5O. The van der Waals surface area contributed by atoms with Gasteiger partial charge in [-0.3, -0.25) is 9.67 Å². The second-order valence-electron chi connectivity index (χ2n) is 7.96. The minimum atomic E-state index is 0.485. The lowest BCUT2D eigenvalue weighted by molar-refractivity contribution is 0.0767. The topological polar surface area (TPSA) is 54.7 Å². The monoisotopic (exact) mass is 365 g/mol. The zero-order chi connectivity index (χ0) is 18.2. The molecule has 0 aliphatic carbocycles. The van der Waals surface area contributed by atoms with Gasteiger partial charge in [-0.05, 0) is 18.4 Å². The van der Waals surface area contributed by atoms with Crippen molar-refractivity contribution in [2.45, 2.75) is 38.1 Å². The predicted octanol–water partition coefficient (Wildman–Crippen LogP) is 2.12. The number of likely N-dealkylation sites (tertiary alicyclic amines) is 1. The number of nitrogens with zero attached hydrogens (tertiary/aromatic N) is 4. The maximum absolute atomic E-state index is 6.08. The van der Waals surface area contributed by atoms with Gasteiger partial charge in [0.05, 0.1) is 24.9 Å². The van der Waals surface area contributed by atoms with E-state index in [4.69, 9.17) is 4.74 Å². The number of fused-ring (bicyclic) bond motifs is 5. The van der Waals surface area contributed by atoms with E-state index in [1.54, 1.807) is 0 Å². The third kappa shape index (κ3) is 3.23. The van der Waals surface area contributed by atoms with Gasteiger partial charge in [-0.1, -0.05) is 30.3 Å². The maximum atomic E-state index is 6.08. The van der Waals surface area contributed by atoms with Gasteiger partial charge in [0.2, 0.25) is 0 Å². The standard InChI is InChI=1S/C21H27N5O/c1-22-21(25-13-17-18(14-25)20-8-7-19(17)27-20)23-9-16-10-24-26(12-16)11-15-5-3-2-4-6-15/h2-6,10,12,17-20H,7-9,11,13-14H2,1H3,(H,22,23). The van der Waals surface area contributed by atoms with Crippen molar-refractivity contribution < 1.29 is 4.74 Å². The highest BCUT2D eigenvalue weighted by Crippen LogP contribution is 2.47. The number of aliphatic imine (C=N–C) groups is 1. The van der Waals surface area contributed by atoms with E-state index < -0.39 is 0 Å². The Balaban J connectivity index is 1.17. The SMILES string of the molecule is CN=C(NCc1cnn(Cc2ccccc2)c1)N1CC2C3CCC(O3)C2C1. The average molecular weight is 365 g/mol. The fourth-order valence-corrected chi connectivity index (χ4v) is 5.00. The Kier molecular flexibility index (Phi) is 4.36. The van der Waals surface area contributed by atoms with Gasteiger partial charge in [-0.25, -0.2) is 0 Å². The molecule has 0 saturated carbocycles. The van der Waals surface area contributed by atoms with Crippen molar-refractivity contribution in [3.8, 4) is 0 Å². The number of nitrogens with one attached hydrogen (secondary N) is 1. The summed E-state index contributed by atoms with van der Waals surface area (Å²) >= 11 is 0. The van der Waals surface area contributed by atoms with Crippen LogP contribution < -0.4 is 5.32 Å². The molecule has 1 N–H and O–H groups in total. The van der Waals surface area contributed by atoms with Gasteiger partial charge in [-0.15, -0.1) is 0 Å². The fourth-order valence-electron chi connectivity index (χ4n) is 5.00. The van der Waals surface area contributed by atoms with Crippen molar-refractivity contribution in [1.82, 2.24) is 20.0 Å². The van der Waals surface area contributed by atoms with Crippen LogP contribution in [0.1, 0.15) is 24.0 Å². The molecule has 6 heteroatoms. The van der Waals surface area contributed by atoms with Crippen molar-refractivity contribution in [2.75, 3.05) is 20.1 Å². The zero-order valence-corrected chi connectivity index (χ0v) is 15.8. The quantitative estimate of drug-likeness (QED) is 0.666. The summed E-state index contributed by atoms with van der Waals surface area (Å²) in [6.45, 7) is 3.68. The highest BCUT2D eigenvalue weighted by Gasteiger charge is 2.53. The van der Waals surface area contributed by atoms with E-state index in [1.807, 2.05) is 24.0 Å². The van der Waals surface area contributed by atoms with Gasteiger partial charge < -0.3 is 15.0 Å². The van der Waals surface area contributed by atoms with E-state index in [0.29, 0.717) is 24.0 Å².